The highest BCUT2D eigenvalue weighted by Gasteiger charge is 2.08. The summed E-state index contributed by atoms with van der Waals surface area (Å²) in [7, 11) is 0. The predicted molar refractivity (Wildman–Crippen MR) is 65.9 cm³/mol. The molecule has 16 heavy (non-hydrogen) atoms. The number of aryl methyl sites for hydroxylation is 1. The monoisotopic (exact) mass is 286 g/mol. The summed E-state index contributed by atoms with van der Waals surface area (Å²) >= 11 is 3.25. The van der Waals surface area contributed by atoms with Gasteiger partial charge in [0.1, 0.15) is 5.69 Å². The van der Waals surface area contributed by atoms with Gasteiger partial charge in [0.2, 0.25) is 0 Å². The van der Waals surface area contributed by atoms with E-state index < -0.39 is 0 Å². The fourth-order valence-corrected chi connectivity index (χ4v) is 1.43. The molecule has 0 aromatic carbocycles. The van der Waals surface area contributed by atoms with Gasteiger partial charge in [0.15, 0.2) is 0 Å². The standard InChI is InChI=1S/C11H15BrN2O2/c1-9-3-2-5-13-10(9)11(15)14-6-8-16-7-4-12/h2-3,5H,4,6-8H2,1H3,(H,14,15). The predicted octanol–water partition coefficient (Wildman–Crippen LogP) is 1.53. The molecule has 0 aliphatic rings. The third kappa shape index (κ3) is 4.28. The Labute approximate surface area is 104 Å². The molecule has 88 valence electrons. The molecule has 0 spiro atoms. The van der Waals surface area contributed by atoms with Gasteiger partial charge in [0, 0.05) is 18.1 Å². The van der Waals surface area contributed by atoms with Crippen molar-refractivity contribution in [1.29, 1.82) is 0 Å². The number of amides is 1. The number of hydrogen-bond acceptors (Lipinski definition) is 3. The smallest absolute Gasteiger partial charge is 0.270 e. The van der Waals surface area contributed by atoms with Gasteiger partial charge in [-0.2, -0.15) is 0 Å². The molecule has 0 atom stereocenters. The number of carbonyl (C=O) groups excluding carboxylic acids is 1. The highest BCUT2D eigenvalue weighted by molar-refractivity contribution is 9.09. The number of nitrogens with one attached hydrogen (secondary N) is 1. The molecule has 0 fully saturated rings. The molecule has 0 aliphatic heterocycles. The molecule has 0 saturated carbocycles. The molecule has 0 unspecified atom stereocenters. The second-order valence-electron chi connectivity index (χ2n) is 3.23. The van der Waals surface area contributed by atoms with Crippen molar-refractivity contribution in [3.05, 3.63) is 29.6 Å². The molecule has 0 radical (unpaired) electrons. The van der Waals surface area contributed by atoms with E-state index in [0.29, 0.717) is 25.5 Å². The summed E-state index contributed by atoms with van der Waals surface area (Å²) in [5.74, 6) is -0.152. The molecule has 0 bridgehead atoms. The molecular weight excluding hydrogens is 272 g/mol. The highest BCUT2D eigenvalue weighted by Crippen LogP contribution is 2.02. The van der Waals surface area contributed by atoms with Crippen LogP contribution in [0, 0.1) is 6.92 Å². The van der Waals surface area contributed by atoms with Crippen LogP contribution in [0.1, 0.15) is 16.1 Å². The molecule has 0 aliphatic carbocycles. The van der Waals surface area contributed by atoms with Crippen LogP contribution in [0.2, 0.25) is 0 Å². The van der Waals surface area contributed by atoms with Crippen molar-refractivity contribution in [2.75, 3.05) is 25.1 Å². The van der Waals surface area contributed by atoms with E-state index in [9.17, 15) is 4.79 Å². The molecule has 1 N–H and O–H groups in total. The van der Waals surface area contributed by atoms with E-state index in [0.717, 1.165) is 10.9 Å². The van der Waals surface area contributed by atoms with Crippen LogP contribution in [0.25, 0.3) is 0 Å². The zero-order chi connectivity index (χ0) is 11.8. The van der Waals surface area contributed by atoms with Crippen LogP contribution in [-0.2, 0) is 4.74 Å². The van der Waals surface area contributed by atoms with Gasteiger partial charge in [-0.15, -0.1) is 0 Å². The zero-order valence-electron chi connectivity index (χ0n) is 9.20. The van der Waals surface area contributed by atoms with Crippen molar-refractivity contribution < 1.29 is 9.53 Å². The van der Waals surface area contributed by atoms with Gasteiger partial charge >= 0.3 is 0 Å². The number of halogens is 1. The first-order chi connectivity index (χ1) is 7.75. The Kier molecular flexibility index (Phi) is 6.03. The summed E-state index contributed by atoms with van der Waals surface area (Å²) in [6, 6.07) is 3.68. The van der Waals surface area contributed by atoms with E-state index >= 15 is 0 Å². The van der Waals surface area contributed by atoms with Crippen LogP contribution in [0.3, 0.4) is 0 Å². The third-order valence-corrected chi connectivity index (χ3v) is 2.30. The summed E-state index contributed by atoms with van der Waals surface area (Å²) < 4.78 is 5.22. The highest BCUT2D eigenvalue weighted by atomic mass is 79.9. The molecule has 1 aromatic heterocycles. The van der Waals surface area contributed by atoms with Crippen LogP contribution in [-0.4, -0.2) is 36.0 Å². The van der Waals surface area contributed by atoms with E-state index in [1.807, 2.05) is 19.1 Å². The van der Waals surface area contributed by atoms with Gasteiger partial charge < -0.3 is 10.1 Å². The number of ether oxygens (including phenoxy) is 1. The first kappa shape index (κ1) is 13.1. The largest absolute Gasteiger partial charge is 0.379 e. The van der Waals surface area contributed by atoms with Crippen LogP contribution in [0.15, 0.2) is 18.3 Å². The summed E-state index contributed by atoms with van der Waals surface area (Å²) in [6.45, 7) is 3.53. The molecule has 0 saturated heterocycles. The lowest BCUT2D eigenvalue weighted by Gasteiger charge is -2.06. The molecule has 1 aromatic rings. The topological polar surface area (TPSA) is 51.2 Å². The molecule has 1 amide bonds. The van der Waals surface area contributed by atoms with Gasteiger partial charge in [-0.3, -0.25) is 9.78 Å². The molecular formula is C11H15BrN2O2. The Morgan fingerprint density at radius 2 is 2.38 bits per heavy atom. The van der Waals surface area contributed by atoms with Gasteiger partial charge in [-0.1, -0.05) is 22.0 Å². The quantitative estimate of drug-likeness (QED) is 0.637. The SMILES string of the molecule is Cc1cccnc1C(=O)NCCOCCBr. The Hall–Kier alpha value is -0.940. The number of carbonyl (C=O) groups is 1. The Balaban J connectivity index is 2.33. The van der Waals surface area contributed by atoms with Crippen LogP contribution in [0.5, 0.6) is 0 Å². The van der Waals surface area contributed by atoms with E-state index in [-0.39, 0.29) is 5.91 Å². The van der Waals surface area contributed by atoms with E-state index in [1.165, 1.54) is 0 Å². The van der Waals surface area contributed by atoms with E-state index in [1.54, 1.807) is 6.20 Å². The van der Waals surface area contributed by atoms with E-state index in [4.69, 9.17) is 4.74 Å². The lowest BCUT2D eigenvalue weighted by atomic mass is 10.2. The van der Waals surface area contributed by atoms with Gasteiger partial charge in [-0.05, 0) is 18.6 Å². The summed E-state index contributed by atoms with van der Waals surface area (Å²) in [5.41, 5.74) is 1.35. The van der Waals surface area contributed by atoms with E-state index in [2.05, 4.69) is 26.2 Å². The molecule has 4 nitrogen and oxygen atoms in total. The number of nitrogens with zero attached hydrogens (tertiary/aromatic N) is 1. The van der Waals surface area contributed by atoms with Crippen LogP contribution < -0.4 is 5.32 Å². The first-order valence-corrected chi connectivity index (χ1v) is 6.21. The van der Waals surface area contributed by atoms with Crippen LogP contribution >= 0.6 is 15.9 Å². The van der Waals surface area contributed by atoms with Crippen molar-refractivity contribution in [2.45, 2.75) is 6.92 Å². The number of hydrogen-bond donors (Lipinski definition) is 1. The summed E-state index contributed by atoms with van der Waals surface area (Å²) in [4.78, 5) is 15.7. The maximum atomic E-state index is 11.7. The molecule has 5 heteroatoms. The minimum Gasteiger partial charge on any atom is -0.379 e. The molecule has 1 rings (SSSR count). The van der Waals surface area contributed by atoms with Gasteiger partial charge in [-0.25, -0.2) is 0 Å². The Morgan fingerprint density at radius 3 is 3.06 bits per heavy atom. The zero-order valence-corrected chi connectivity index (χ0v) is 10.8. The number of aromatic nitrogens is 1. The Morgan fingerprint density at radius 1 is 1.56 bits per heavy atom. The maximum Gasteiger partial charge on any atom is 0.270 e. The normalized spacial score (nSPS) is 10.1. The van der Waals surface area contributed by atoms with Crippen molar-refractivity contribution in [2.24, 2.45) is 0 Å². The minimum atomic E-state index is -0.152. The van der Waals surface area contributed by atoms with Crippen molar-refractivity contribution in [3.63, 3.8) is 0 Å². The maximum absolute atomic E-state index is 11.7. The fraction of sp³-hybridized carbons (Fsp3) is 0.455. The number of alkyl halides is 1. The fourth-order valence-electron chi connectivity index (χ4n) is 1.20. The minimum absolute atomic E-state index is 0.152. The second-order valence-corrected chi connectivity index (χ2v) is 4.02. The lowest BCUT2D eigenvalue weighted by molar-refractivity contribution is 0.0918. The van der Waals surface area contributed by atoms with Gasteiger partial charge in [0.05, 0.1) is 13.2 Å². The number of pyridine rings is 1. The Bertz CT molecular complexity index is 345. The first-order valence-electron chi connectivity index (χ1n) is 5.09. The third-order valence-electron chi connectivity index (χ3n) is 1.98. The summed E-state index contributed by atoms with van der Waals surface area (Å²) in [5, 5.41) is 3.56. The summed E-state index contributed by atoms with van der Waals surface area (Å²) in [6.07, 6.45) is 1.61. The second kappa shape index (κ2) is 7.35. The average molecular weight is 287 g/mol. The van der Waals surface area contributed by atoms with Crippen molar-refractivity contribution >= 4 is 21.8 Å². The number of rotatable bonds is 6. The van der Waals surface area contributed by atoms with Crippen molar-refractivity contribution in [1.82, 2.24) is 10.3 Å². The van der Waals surface area contributed by atoms with Crippen LogP contribution in [0.4, 0.5) is 0 Å². The average Bonchev–Trinajstić information content (AvgIpc) is 2.29. The van der Waals surface area contributed by atoms with Crippen molar-refractivity contribution in [3.8, 4) is 0 Å². The molecule has 1 heterocycles. The lowest BCUT2D eigenvalue weighted by Crippen LogP contribution is -2.28. The van der Waals surface area contributed by atoms with Gasteiger partial charge in [0.25, 0.3) is 5.91 Å².